The van der Waals surface area contributed by atoms with Crippen LogP contribution in [-0.4, -0.2) is 42.3 Å². The number of ether oxygens (including phenoxy) is 3. The molecule has 0 aromatic rings. The van der Waals surface area contributed by atoms with Gasteiger partial charge in [0.25, 0.3) is 0 Å². The lowest BCUT2D eigenvalue weighted by Gasteiger charge is -2.04. The van der Waals surface area contributed by atoms with E-state index in [1.54, 1.807) is 13.0 Å². The molecule has 0 spiro atoms. The molecule has 1 aliphatic heterocycles. The van der Waals surface area contributed by atoms with E-state index in [2.05, 4.69) is 16.1 Å². The van der Waals surface area contributed by atoms with Crippen LogP contribution >= 0.6 is 0 Å². The summed E-state index contributed by atoms with van der Waals surface area (Å²) < 4.78 is 13.9. The first-order chi connectivity index (χ1) is 10.3. The van der Waals surface area contributed by atoms with Gasteiger partial charge in [0.15, 0.2) is 0 Å². The minimum absolute atomic E-state index is 0.268. The van der Waals surface area contributed by atoms with Crippen LogP contribution in [0.2, 0.25) is 0 Å². The summed E-state index contributed by atoms with van der Waals surface area (Å²) in [5, 5.41) is 8.41. The monoisotopic (exact) mass is 314 g/mol. The molecule has 1 fully saturated rings. The fourth-order valence-corrected chi connectivity index (χ4v) is 1.09. The Morgan fingerprint density at radius 3 is 2.36 bits per heavy atom. The van der Waals surface area contributed by atoms with E-state index in [0.29, 0.717) is 12.2 Å². The smallest absolute Gasteiger partial charge is 0.373 e. The zero-order valence-electron chi connectivity index (χ0n) is 13.1. The van der Waals surface area contributed by atoms with Gasteiger partial charge in [-0.3, -0.25) is 4.79 Å². The van der Waals surface area contributed by atoms with E-state index in [9.17, 15) is 14.4 Å². The topological polar surface area (TPSA) is 102 Å². The molecule has 22 heavy (non-hydrogen) atoms. The average Bonchev–Trinajstić information content (AvgIpc) is 3.26. The maximum atomic E-state index is 10.8. The molecule has 0 radical (unpaired) electrons. The van der Waals surface area contributed by atoms with Crippen molar-refractivity contribution in [3.63, 3.8) is 0 Å². The van der Waals surface area contributed by atoms with E-state index in [0.717, 1.165) is 19.4 Å². The van der Waals surface area contributed by atoms with Crippen molar-refractivity contribution in [2.24, 2.45) is 0 Å². The minimum atomic E-state index is -0.847. The molecule has 1 aliphatic rings. The van der Waals surface area contributed by atoms with E-state index in [1.807, 2.05) is 6.92 Å². The average molecular weight is 314 g/mol. The van der Waals surface area contributed by atoms with Crippen LogP contribution in [0.1, 0.15) is 33.6 Å². The molecule has 7 nitrogen and oxygen atoms in total. The number of carboxylic acid groups (broad SMARTS) is 1. The molecule has 1 atom stereocenters. The number of epoxide rings is 1. The van der Waals surface area contributed by atoms with Gasteiger partial charge in [-0.05, 0) is 26.3 Å². The standard InChI is InChI=1S/C8H12O4.C7H10O3/c1-4-5-11-8(10)6(2)12-7(3)9;1-5(7(8)9)2-3-6-4-10-6/h2,4-5H2,1,3H3;2,6H,3-4H2,1H3,(H,8,9). The van der Waals surface area contributed by atoms with Crippen molar-refractivity contribution in [3.05, 3.63) is 24.0 Å². The molecule has 1 rings (SSSR count). The number of carboxylic acids is 1. The molecule has 7 heteroatoms. The largest absolute Gasteiger partial charge is 0.478 e. The van der Waals surface area contributed by atoms with E-state index in [1.165, 1.54) is 6.92 Å². The predicted molar refractivity (Wildman–Crippen MR) is 77.9 cm³/mol. The van der Waals surface area contributed by atoms with E-state index in [-0.39, 0.29) is 11.9 Å². The second-order valence-electron chi connectivity index (χ2n) is 4.54. The fraction of sp³-hybridized carbons (Fsp3) is 0.533. The summed E-state index contributed by atoms with van der Waals surface area (Å²) in [6.07, 6.45) is 3.44. The number of aliphatic carboxylic acids is 1. The minimum Gasteiger partial charge on any atom is -0.478 e. The van der Waals surface area contributed by atoms with Gasteiger partial charge in [0.2, 0.25) is 5.76 Å². The summed E-state index contributed by atoms with van der Waals surface area (Å²) in [5.41, 5.74) is 0.399. The molecule has 0 aliphatic carbocycles. The van der Waals surface area contributed by atoms with E-state index < -0.39 is 17.9 Å². The van der Waals surface area contributed by atoms with Crippen molar-refractivity contribution in [2.75, 3.05) is 13.2 Å². The summed E-state index contributed by atoms with van der Waals surface area (Å²) >= 11 is 0. The zero-order valence-corrected chi connectivity index (χ0v) is 13.1. The molecule has 0 saturated carbocycles. The van der Waals surface area contributed by atoms with Gasteiger partial charge in [-0.2, -0.15) is 0 Å². The zero-order chi connectivity index (χ0) is 17.1. The molecule has 0 bridgehead atoms. The summed E-state index contributed by atoms with van der Waals surface area (Å²) in [7, 11) is 0. The number of carbonyl (C=O) groups is 3. The Bertz CT molecular complexity index is 447. The summed E-state index contributed by atoms with van der Waals surface area (Å²) in [6.45, 7) is 8.96. The molecule has 124 valence electrons. The second-order valence-corrected chi connectivity index (χ2v) is 4.54. The molecule has 1 heterocycles. The van der Waals surface area contributed by atoms with Gasteiger partial charge in [-0.15, -0.1) is 0 Å². The number of rotatable bonds is 7. The third-order valence-corrected chi connectivity index (χ3v) is 2.36. The van der Waals surface area contributed by atoms with Crippen LogP contribution in [-0.2, 0) is 28.6 Å². The number of hydrogen-bond donors (Lipinski definition) is 1. The Kier molecular flexibility index (Phi) is 9.53. The SMILES string of the molecule is C=C(OC(C)=O)C(=O)OCCC.CC(=CCC1CO1)C(=O)O. The summed E-state index contributed by atoms with van der Waals surface area (Å²) in [5.74, 6) is -2.38. The van der Waals surface area contributed by atoms with E-state index in [4.69, 9.17) is 9.84 Å². The Morgan fingerprint density at radius 2 is 1.95 bits per heavy atom. The van der Waals surface area contributed by atoms with Crippen molar-refractivity contribution < 1.29 is 33.7 Å². The van der Waals surface area contributed by atoms with Crippen LogP contribution < -0.4 is 0 Å². The second kappa shape index (κ2) is 10.6. The van der Waals surface area contributed by atoms with Gasteiger partial charge in [0.1, 0.15) is 0 Å². The highest BCUT2D eigenvalue weighted by Crippen LogP contribution is 2.14. The predicted octanol–water partition coefficient (Wildman–Crippen LogP) is 1.82. The van der Waals surface area contributed by atoms with Gasteiger partial charge >= 0.3 is 17.9 Å². The van der Waals surface area contributed by atoms with Crippen molar-refractivity contribution in [3.8, 4) is 0 Å². The Balaban J connectivity index is 0.000000406. The highest BCUT2D eigenvalue weighted by molar-refractivity contribution is 5.88. The Labute approximate surface area is 129 Å². The molecular weight excluding hydrogens is 292 g/mol. The molecule has 0 aromatic carbocycles. The van der Waals surface area contributed by atoms with Crippen molar-refractivity contribution in [1.82, 2.24) is 0 Å². The molecule has 1 N–H and O–H groups in total. The molecule has 1 unspecified atom stereocenters. The first kappa shape index (κ1) is 19.9. The van der Waals surface area contributed by atoms with Gasteiger partial charge in [0, 0.05) is 12.5 Å². The van der Waals surface area contributed by atoms with E-state index >= 15 is 0 Å². The Morgan fingerprint density at radius 1 is 1.36 bits per heavy atom. The third kappa shape index (κ3) is 10.6. The maximum Gasteiger partial charge on any atom is 0.373 e. The molecular formula is C15H22O7. The summed E-state index contributed by atoms with van der Waals surface area (Å²) in [4.78, 5) is 31.4. The van der Waals surface area contributed by atoms with Crippen LogP contribution in [0, 0.1) is 0 Å². The molecule has 0 aromatic heterocycles. The number of carbonyl (C=O) groups excluding carboxylic acids is 2. The summed E-state index contributed by atoms with van der Waals surface area (Å²) in [6, 6.07) is 0. The third-order valence-electron chi connectivity index (χ3n) is 2.36. The highest BCUT2D eigenvalue weighted by Gasteiger charge is 2.20. The van der Waals surface area contributed by atoms with Gasteiger partial charge in [0.05, 0.1) is 19.3 Å². The van der Waals surface area contributed by atoms with Gasteiger partial charge < -0.3 is 19.3 Å². The quantitative estimate of drug-likeness (QED) is 0.331. The van der Waals surface area contributed by atoms with Gasteiger partial charge in [-0.1, -0.05) is 13.0 Å². The lowest BCUT2D eigenvalue weighted by molar-refractivity contribution is -0.150. The maximum absolute atomic E-state index is 10.8. The van der Waals surface area contributed by atoms with Crippen LogP contribution in [0.5, 0.6) is 0 Å². The van der Waals surface area contributed by atoms with Crippen LogP contribution in [0.3, 0.4) is 0 Å². The molecule has 0 amide bonds. The number of esters is 2. The van der Waals surface area contributed by atoms with Crippen molar-refractivity contribution in [1.29, 1.82) is 0 Å². The fourth-order valence-electron chi connectivity index (χ4n) is 1.09. The normalized spacial score (nSPS) is 16.0. The van der Waals surface area contributed by atoms with Crippen LogP contribution in [0.25, 0.3) is 0 Å². The Hall–Kier alpha value is -2.15. The first-order valence-corrected chi connectivity index (χ1v) is 6.84. The van der Waals surface area contributed by atoms with Crippen LogP contribution in [0.4, 0.5) is 0 Å². The highest BCUT2D eigenvalue weighted by atomic mass is 16.6. The van der Waals surface area contributed by atoms with Crippen molar-refractivity contribution in [2.45, 2.75) is 39.7 Å². The van der Waals surface area contributed by atoms with Gasteiger partial charge in [-0.25, -0.2) is 9.59 Å². The lowest BCUT2D eigenvalue weighted by Crippen LogP contribution is -2.12. The lowest BCUT2D eigenvalue weighted by atomic mass is 10.2. The number of hydrogen-bond acceptors (Lipinski definition) is 6. The molecule has 1 saturated heterocycles. The first-order valence-electron chi connectivity index (χ1n) is 6.84. The van der Waals surface area contributed by atoms with Crippen LogP contribution in [0.15, 0.2) is 24.0 Å². The van der Waals surface area contributed by atoms with Crippen molar-refractivity contribution >= 4 is 17.9 Å².